The number of ether oxygens (including phenoxy) is 1. The first-order valence-corrected chi connectivity index (χ1v) is 7.12. The van der Waals surface area contributed by atoms with Crippen LogP contribution in [0.1, 0.15) is 51.9 Å². The maximum atomic E-state index is 6.25. The average molecular weight is 225 g/mol. The van der Waals surface area contributed by atoms with E-state index in [-0.39, 0.29) is 0 Å². The van der Waals surface area contributed by atoms with Crippen molar-refractivity contribution in [1.29, 1.82) is 0 Å². The quantitative estimate of drug-likeness (QED) is 0.732. The molecular formula is C14H27NO. The lowest BCUT2D eigenvalue weighted by Gasteiger charge is -2.34. The molecule has 0 radical (unpaired) electrons. The topological polar surface area (TPSA) is 12.5 Å². The zero-order valence-corrected chi connectivity index (χ0v) is 11.0. The number of hydrogen-bond donors (Lipinski definition) is 0. The Bertz CT molecular complexity index is 191. The summed E-state index contributed by atoms with van der Waals surface area (Å²) >= 11 is 0. The highest BCUT2D eigenvalue weighted by Gasteiger charge is 2.25. The molecule has 0 aromatic rings. The molecule has 0 spiro atoms. The zero-order chi connectivity index (χ0) is 11.4. The molecule has 2 fully saturated rings. The summed E-state index contributed by atoms with van der Waals surface area (Å²) < 4.78 is 6.25. The van der Waals surface area contributed by atoms with Gasteiger partial charge in [-0.15, -0.1) is 0 Å². The van der Waals surface area contributed by atoms with Gasteiger partial charge in [-0.25, -0.2) is 0 Å². The van der Waals surface area contributed by atoms with Crippen LogP contribution in [0.15, 0.2) is 0 Å². The van der Waals surface area contributed by atoms with Crippen LogP contribution in [0.3, 0.4) is 0 Å². The maximum absolute atomic E-state index is 6.25. The summed E-state index contributed by atoms with van der Waals surface area (Å²) in [6.07, 6.45) is 10.4. The smallest absolute Gasteiger partial charge is 0.0603 e. The van der Waals surface area contributed by atoms with Crippen LogP contribution >= 0.6 is 0 Å². The summed E-state index contributed by atoms with van der Waals surface area (Å²) in [6, 6.07) is 0. The van der Waals surface area contributed by atoms with E-state index < -0.39 is 0 Å². The molecule has 16 heavy (non-hydrogen) atoms. The van der Waals surface area contributed by atoms with Gasteiger partial charge in [0.2, 0.25) is 0 Å². The van der Waals surface area contributed by atoms with Crippen LogP contribution in [-0.2, 0) is 4.74 Å². The van der Waals surface area contributed by atoms with E-state index in [1.54, 1.807) is 0 Å². The molecule has 0 aromatic carbocycles. The Labute approximate surface area is 100 Å². The highest BCUT2D eigenvalue weighted by molar-refractivity contribution is 4.76. The molecular weight excluding hydrogens is 198 g/mol. The largest absolute Gasteiger partial charge is 0.375 e. The minimum absolute atomic E-state index is 0.555. The third kappa shape index (κ3) is 3.46. The molecule has 2 nitrogen and oxygen atoms in total. The van der Waals surface area contributed by atoms with Gasteiger partial charge in [0.05, 0.1) is 12.2 Å². The molecule has 0 unspecified atom stereocenters. The van der Waals surface area contributed by atoms with Gasteiger partial charge in [-0.1, -0.05) is 13.3 Å². The molecule has 0 N–H and O–H groups in total. The molecule has 0 atom stereocenters. The van der Waals surface area contributed by atoms with E-state index in [4.69, 9.17) is 4.74 Å². The second kappa shape index (κ2) is 6.02. The Morgan fingerprint density at radius 1 is 0.938 bits per heavy atom. The van der Waals surface area contributed by atoms with Crippen molar-refractivity contribution in [3.05, 3.63) is 0 Å². The minimum atomic E-state index is 0.555. The van der Waals surface area contributed by atoms with E-state index >= 15 is 0 Å². The van der Waals surface area contributed by atoms with Crippen molar-refractivity contribution in [2.75, 3.05) is 20.1 Å². The Hall–Kier alpha value is -0.0800. The molecule has 0 bridgehead atoms. The normalized spacial score (nSPS) is 34.1. The van der Waals surface area contributed by atoms with Gasteiger partial charge in [-0.05, 0) is 51.5 Å². The number of piperidine rings is 1. The van der Waals surface area contributed by atoms with Crippen molar-refractivity contribution in [2.45, 2.75) is 64.1 Å². The lowest BCUT2D eigenvalue weighted by atomic mass is 9.85. The Kier molecular flexibility index (Phi) is 4.66. The van der Waals surface area contributed by atoms with Crippen molar-refractivity contribution in [3.63, 3.8) is 0 Å². The summed E-state index contributed by atoms with van der Waals surface area (Å²) in [4.78, 5) is 2.41. The molecule has 2 heteroatoms. The molecule has 1 saturated heterocycles. The fourth-order valence-electron chi connectivity index (χ4n) is 3.07. The summed E-state index contributed by atoms with van der Waals surface area (Å²) in [6.45, 7) is 4.76. The fourth-order valence-corrected chi connectivity index (χ4v) is 3.07. The van der Waals surface area contributed by atoms with E-state index in [1.807, 2.05) is 0 Å². The number of rotatable bonds is 3. The van der Waals surface area contributed by atoms with Crippen LogP contribution in [0.4, 0.5) is 0 Å². The summed E-state index contributed by atoms with van der Waals surface area (Å²) in [5, 5.41) is 0. The third-order valence-corrected chi connectivity index (χ3v) is 4.42. The lowest BCUT2D eigenvalue weighted by Crippen LogP contribution is -2.37. The van der Waals surface area contributed by atoms with E-state index in [0.717, 1.165) is 5.92 Å². The predicted molar refractivity (Wildman–Crippen MR) is 67.6 cm³/mol. The number of nitrogens with zero attached hydrogens (tertiary/aromatic N) is 1. The Balaban J connectivity index is 1.66. The SMILES string of the molecule is CCC1CCC(OC2CCN(C)CC2)CC1. The molecule has 1 saturated carbocycles. The first kappa shape index (κ1) is 12.4. The number of likely N-dealkylation sites (tertiary alicyclic amines) is 1. The first-order chi connectivity index (χ1) is 7.78. The van der Waals surface area contributed by atoms with E-state index in [2.05, 4.69) is 18.9 Å². The van der Waals surface area contributed by atoms with Gasteiger partial charge >= 0.3 is 0 Å². The van der Waals surface area contributed by atoms with Crippen molar-refractivity contribution in [3.8, 4) is 0 Å². The summed E-state index contributed by atoms with van der Waals surface area (Å²) in [5.74, 6) is 0.984. The third-order valence-electron chi connectivity index (χ3n) is 4.42. The second-order valence-corrected chi connectivity index (χ2v) is 5.69. The monoisotopic (exact) mass is 225 g/mol. The van der Waals surface area contributed by atoms with Crippen LogP contribution in [0, 0.1) is 5.92 Å². The van der Waals surface area contributed by atoms with Gasteiger partial charge in [0.25, 0.3) is 0 Å². The van der Waals surface area contributed by atoms with Crippen LogP contribution in [0.25, 0.3) is 0 Å². The van der Waals surface area contributed by atoms with Crippen molar-refractivity contribution >= 4 is 0 Å². The molecule has 94 valence electrons. The highest BCUT2D eigenvalue weighted by atomic mass is 16.5. The Morgan fingerprint density at radius 2 is 1.50 bits per heavy atom. The highest BCUT2D eigenvalue weighted by Crippen LogP contribution is 2.30. The summed E-state index contributed by atoms with van der Waals surface area (Å²) in [7, 11) is 2.21. The van der Waals surface area contributed by atoms with E-state index in [1.165, 1.54) is 58.0 Å². The van der Waals surface area contributed by atoms with Crippen LogP contribution in [0.5, 0.6) is 0 Å². The first-order valence-electron chi connectivity index (χ1n) is 7.12. The minimum Gasteiger partial charge on any atom is -0.375 e. The molecule has 1 aliphatic heterocycles. The van der Waals surface area contributed by atoms with Crippen LogP contribution in [0.2, 0.25) is 0 Å². The van der Waals surface area contributed by atoms with E-state index in [9.17, 15) is 0 Å². The maximum Gasteiger partial charge on any atom is 0.0603 e. The average Bonchev–Trinajstić information content (AvgIpc) is 2.33. The molecule has 0 aromatic heterocycles. The zero-order valence-electron chi connectivity index (χ0n) is 11.0. The van der Waals surface area contributed by atoms with Crippen LogP contribution in [-0.4, -0.2) is 37.2 Å². The number of hydrogen-bond acceptors (Lipinski definition) is 2. The Morgan fingerprint density at radius 3 is 2.06 bits per heavy atom. The van der Waals surface area contributed by atoms with Gasteiger partial charge in [-0.3, -0.25) is 0 Å². The second-order valence-electron chi connectivity index (χ2n) is 5.69. The van der Waals surface area contributed by atoms with Gasteiger partial charge in [0.15, 0.2) is 0 Å². The molecule has 2 rings (SSSR count). The van der Waals surface area contributed by atoms with Crippen molar-refractivity contribution in [2.24, 2.45) is 5.92 Å². The molecule has 1 heterocycles. The molecule has 0 amide bonds. The van der Waals surface area contributed by atoms with Crippen molar-refractivity contribution in [1.82, 2.24) is 4.90 Å². The lowest BCUT2D eigenvalue weighted by molar-refractivity contribution is -0.0586. The van der Waals surface area contributed by atoms with Crippen LogP contribution < -0.4 is 0 Å². The van der Waals surface area contributed by atoms with Gasteiger partial charge in [0.1, 0.15) is 0 Å². The van der Waals surface area contributed by atoms with Crippen molar-refractivity contribution < 1.29 is 4.74 Å². The standard InChI is InChI=1S/C14H27NO/c1-3-12-4-6-13(7-5-12)16-14-8-10-15(2)11-9-14/h12-14H,3-11H2,1-2H3. The van der Waals surface area contributed by atoms with Gasteiger partial charge in [0, 0.05) is 13.1 Å². The summed E-state index contributed by atoms with van der Waals surface area (Å²) in [5.41, 5.74) is 0. The fraction of sp³-hybridized carbons (Fsp3) is 1.00. The van der Waals surface area contributed by atoms with Gasteiger partial charge < -0.3 is 9.64 Å². The van der Waals surface area contributed by atoms with Gasteiger partial charge in [-0.2, -0.15) is 0 Å². The predicted octanol–water partition coefficient (Wildman–Crippen LogP) is 3.07. The molecule has 1 aliphatic carbocycles. The van der Waals surface area contributed by atoms with E-state index in [0.29, 0.717) is 12.2 Å². The molecule has 2 aliphatic rings.